The Balaban J connectivity index is 0.00000225. The Morgan fingerprint density at radius 2 is 1.80 bits per heavy atom. The van der Waals surface area contributed by atoms with E-state index in [0.717, 1.165) is 18.4 Å². The molecule has 0 radical (unpaired) electrons. The number of nitrogens with one attached hydrogen (secondary N) is 1. The molecule has 146 valence electrons. The minimum absolute atomic E-state index is 0. The van der Waals surface area contributed by atoms with E-state index in [4.69, 9.17) is 0 Å². The highest BCUT2D eigenvalue weighted by atomic mass is 127. The minimum atomic E-state index is 0. The fourth-order valence-corrected chi connectivity index (χ4v) is 4.75. The topological polar surface area (TPSA) is 34.1 Å². The van der Waals surface area contributed by atoms with E-state index in [2.05, 4.69) is 31.9 Å². The van der Waals surface area contributed by atoms with Crippen molar-refractivity contribution < 1.29 is 0 Å². The number of halogens is 1. The van der Waals surface area contributed by atoms with Gasteiger partial charge in [0, 0.05) is 39.3 Å². The Morgan fingerprint density at radius 3 is 2.52 bits per heavy atom. The fourth-order valence-electron chi connectivity index (χ4n) is 4.75. The maximum atomic E-state index is 4.57. The molecule has 3 aliphatic rings. The highest BCUT2D eigenvalue weighted by Crippen LogP contribution is 2.20. The molecule has 3 aliphatic heterocycles. The average molecular weight is 463 g/mol. The molecule has 5 nitrogen and oxygen atoms in total. The highest BCUT2D eigenvalue weighted by Gasteiger charge is 2.28. The summed E-state index contributed by atoms with van der Waals surface area (Å²) in [6.45, 7) is 12.1. The molecule has 3 rings (SSSR count). The first-order valence-corrected chi connectivity index (χ1v) is 10.2. The Bertz CT molecular complexity index is 411. The minimum Gasteiger partial charge on any atom is -0.355 e. The summed E-state index contributed by atoms with van der Waals surface area (Å²) in [5.41, 5.74) is 0. The van der Waals surface area contributed by atoms with Gasteiger partial charge in [-0.2, -0.15) is 0 Å². The van der Waals surface area contributed by atoms with E-state index in [9.17, 15) is 0 Å². The summed E-state index contributed by atoms with van der Waals surface area (Å²) in [5.74, 6) is 1.95. The average Bonchev–Trinajstić information content (AvgIpc) is 3.28. The molecule has 0 saturated carbocycles. The zero-order chi connectivity index (χ0) is 16.8. The van der Waals surface area contributed by atoms with Gasteiger partial charge in [-0.25, -0.2) is 0 Å². The van der Waals surface area contributed by atoms with Gasteiger partial charge in [-0.3, -0.25) is 9.89 Å². The molecule has 0 aromatic heterocycles. The lowest BCUT2D eigenvalue weighted by Gasteiger charge is -2.35. The lowest BCUT2D eigenvalue weighted by molar-refractivity contribution is 0.156. The number of guanidine groups is 1. The first kappa shape index (κ1) is 21.2. The maximum absolute atomic E-state index is 4.57. The second-order valence-corrected chi connectivity index (χ2v) is 7.81. The molecule has 0 aliphatic carbocycles. The molecule has 0 spiro atoms. The lowest BCUT2D eigenvalue weighted by atomic mass is 10.0. The van der Waals surface area contributed by atoms with Gasteiger partial charge in [0.05, 0.1) is 0 Å². The van der Waals surface area contributed by atoms with Crippen LogP contribution in [0, 0.1) is 5.92 Å². The summed E-state index contributed by atoms with van der Waals surface area (Å²) >= 11 is 0. The Morgan fingerprint density at radius 1 is 1.04 bits per heavy atom. The van der Waals surface area contributed by atoms with Gasteiger partial charge in [-0.05, 0) is 64.2 Å². The van der Waals surface area contributed by atoms with Gasteiger partial charge in [0.2, 0.25) is 0 Å². The summed E-state index contributed by atoms with van der Waals surface area (Å²) < 4.78 is 0. The molecule has 3 fully saturated rings. The van der Waals surface area contributed by atoms with Crippen molar-refractivity contribution in [2.24, 2.45) is 10.9 Å². The number of hydrogen-bond donors (Lipinski definition) is 1. The smallest absolute Gasteiger partial charge is 0.193 e. The maximum Gasteiger partial charge on any atom is 0.193 e. The number of likely N-dealkylation sites (tertiary alicyclic amines) is 3. The third-order valence-corrected chi connectivity index (χ3v) is 6.16. The molecule has 25 heavy (non-hydrogen) atoms. The number of rotatable bonds is 5. The first-order chi connectivity index (χ1) is 11.8. The van der Waals surface area contributed by atoms with Crippen LogP contribution in [0.15, 0.2) is 4.99 Å². The third-order valence-electron chi connectivity index (χ3n) is 6.16. The van der Waals surface area contributed by atoms with Gasteiger partial charge < -0.3 is 15.1 Å². The third kappa shape index (κ3) is 5.96. The van der Waals surface area contributed by atoms with Gasteiger partial charge >= 0.3 is 0 Å². The van der Waals surface area contributed by atoms with Gasteiger partial charge in [-0.15, -0.1) is 24.0 Å². The molecule has 3 heterocycles. The molecular weight excluding hydrogens is 425 g/mol. The zero-order valence-corrected chi connectivity index (χ0v) is 18.6. The predicted molar refractivity (Wildman–Crippen MR) is 117 cm³/mol. The first-order valence-electron chi connectivity index (χ1n) is 10.2. The van der Waals surface area contributed by atoms with Gasteiger partial charge in [0.25, 0.3) is 0 Å². The van der Waals surface area contributed by atoms with Crippen LogP contribution >= 0.6 is 24.0 Å². The largest absolute Gasteiger partial charge is 0.355 e. The summed E-state index contributed by atoms with van der Waals surface area (Å²) in [5, 5.41) is 3.68. The molecule has 1 N–H and O–H groups in total. The molecule has 2 atom stereocenters. The number of nitrogens with zero attached hydrogens (tertiary/aromatic N) is 4. The number of aliphatic imine (C=N–C) groups is 1. The van der Waals surface area contributed by atoms with Crippen LogP contribution in [0.2, 0.25) is 0 Å². The molecule has 3 saturated heterocycles. The highest BCUT2D eigenvalue weighted by molar-refractivity contribution is 14.0. The molecule has 0 aromatic rings. The van der Waals surface area contributed by atoms with Crippen LogP contribution in [0.1, 0.15) is 45.4 Å². The van der Waals surface area contributed by atoms with Crippen LogP contribution in [-0.2, 0) is 0 Å². The van der Waals surface area contributed by atoms with Gasteiger partial charge in [0.1, 0.15) is 0 Å². The number of hydrogen-bond acceptors (Lipinski definition) is 3. The van der Waals surface area contributed by atoms with Crippen LogP contribution in [-0.4, -0.2) is 86.1 Å². The van der Waals surface area contributed by atoms with Crippen molar-refractivity contribution in [3.8, 4) is 0 Å². The Kier molecular flexibility index (Phi) is 9.27. The van der Waals surface area contributed by atoms with Crippen molar-refractivity contribution in [1.29, 1.82) is 0 Å². The fraction of sp³-hybridized carbons (Fsp3) is 0.947. The summed E-state index contributed by atoms with van der Waals surface area (Å²) in [4.78, 5) is 12.3. The summed E-state index contributed by atoms with van der Waals surface area (Å²) in [6.07, 6.45) is 8.19. The van der Waals surface area contributed by atoms with E-state index in [1.165, 1.54) is 84.3 Å². The van der Waals surface area contributed by atoms with Gasteiger partial charge in [-0.1, -0.05) is 13.3 Å². The van der Waals surface area contributed by atoms with Crippen LogP contribution in [0.5, 0.6) is 0 Å². The Labute approximate surface area is 171 Å². The SMILES string of the molecule is CCN1CCCCC1CNC(=NC)N1CCC(CN2CCCC2)C1.I. The number of piperidine rings is 1. The molecule has 0 aromatic carbocycles. The molecular formula is C19H38IN5. The van der Waals surface area contributed by atoms with E-state index in [1.54, 1.807) is 0 Å². The second-order valence-electron chi connectivity index (χ2n) is 7.81. The zero-order valence-electron chi connectivity index (χ0n) is 16.3. The van der Waals surface area contributed by atoms with E-state index in [0.29, 0.717) is 6.04 Å². The normalized spacial score (nSPS) is 29.0. The summed E-state index contributed by atoms with van der Waals surface area (Å²) in [7, 11) is 1.94. The van der Waals surface area contributed by atoms with Gasteiger partial charge in [0.15, 0.2) is 5.96 Å². The molecule has 2 unspecified atom stereocenters. The van der Waals surface area contributed by atoms with Crippen molar-refractivity contribution >= 4 is 29.9 Å². The second kappa shape index (κ2) is 10.9. The van der Waals surface area contributed by atoms with Crippen LogP contribution in [0.3, 0.4) is 0 Å². The van der Waals surface area contributed by atoms with E-state index in [-0.39, 0.29) is 24.0 Å². The van der Waals surface area contributed by atoms with E-state index in [1.807, 2.05) is 7.05 Å². The lowest BCUT2D eigenvalue weighted by Crippen LogP contribution is -2.49. The molecule has 0 amide bonds. The van der Waals surface area contributed by atoms with Crippen molar-refractivity contribution in [1.82, 2.24) is 20.0 Å². The Hall–Kier alpha value is -0.0800. The van der Waals surface area contributed by atoms with Crippen molar-refractivity contribution in [2.75, 3.05) is 59.4 Å². The number of likely N-dealkylation sites (N-methyl/N-ethyl adjacent to an activating group) is 1. The van der Waals surface area contributed by atoms with Crippen LogP contribution in [0.4, 0.5) is 0 Å². The molecule has 6 heteroatoms. The van der Waals surface area contributed by atoms with Crippen molar-refractivity contribution in [3.05, 3.63) is 0 Å². The summed E-state index contributed by atoms with van der Waals surface area (Å²) in [6, 6.07) is 0.684. The van der Waals surface area contributed by atoms with E-state index >= 15 is 0 Å². The quantitative estimate of drug-likeness (QED) is 0.386. The van der Waals surface area contributed by atoms with Crippen molar-refractivity contribution in [3.63, 3.8) is 0 Å². The van der Waals surface area contributed by atoms with Crippen LogP contribution in [0.25, 0.3) is 0 Å². The predicted octanol–water partition coefficient (Wildman–Crippen LogP) is 2.47. The van der Waals surface area contributed by atoms with E-state index < -0.39 is 0 Å². The van der Waals surface area contributed by atoms with Crippen LogP contribution < -0.4 is 5.32 Å². The monoisotopic (exact) mass is 463 g/mol. The molecule has 0 bridgehead atoms. The standard InChI is InChI=1S/C19H37N5.HI/c1-3-23-12-5-4-8-18(23)14-21-19(20-2)24-13-9-17(16-24)15-22-10-6-7-11-22;/h17-18H,3-16H2,1-2H3,(H,20,21);1H. The van der Waals surface area contributed by atoms with Crippen molar-refractivity contribution in [2.45, 2.75) is 51.5 Å².